The second kappa shape index (κ2) is 5.89. The highest BCUT2D eigenvalue weighted by atomic mass is 35.5. The first kappa shape index (κ1) is 13.6. The molecule has 0 aromatic carbocycles. The number of amides is 1. The number of piperidine rings is 1. The molecule has 0 aliphatic carbocycles. The van der Waals surface area contributed by atoms with Crippen LogP contribution in [0.3, 0.4) is 0 Å². The Morgan fingerprint density at radius 1 is 1.56 bits per heavy atom. The molecule has 1 aliphatic heterocycles. The highest BCUT2D eigenvalue weighted by Crippen LogP contribution is 2.24. The second-order valence-electron chi connectivity index (χ2n) is 4.65. The van der Waals surface area contributed by atoms with Crippen LogP contribution in [0.15, 0.2) is 12.3 Å². The number of nitrogens with zero attached hydrogens (tertiary/aromatic N) is 2. The topological polar surface area (TPSA) is 33.2 Å². The summed E-state index contributed by atoms with van der Waals surface area (Å²) in [5.74, 6) is 0.557. The molecule has 0 radical (unpaired) electrons. The maximum atomic E-state index is 12.4. The molecule has 18 heavy (non-hydrogen) atoms. The molecule has 1 aromatic rings. The van der Waals surface area contributed by atoms with Gasteiger partial charge in [-0.15, -0.1) is 0 Å². The lowest BCUT2D eigenvalue weighted by molar-refractivity contribution is 0.0671. The summed E-state index contributed by atoms with van der Waals surface area (Å²) in [5, 5.41) is 0.662. The summed E-state index contributed by atoms with van der Waals surface area (Å²) in [6.07, 6.45) is 4.79. The lowest BCUT2D eigenvalue weighted by Gasteiger charge is -2.32. The van der Waals surface area contributed by atoms with E-state index in [2.05, 4.69) is 11.9 Å². The van der Waals surface area contributed by atoms with Crippen molar-refractivity contribution in [2.45, 2.75) is 26.2 Å². The van der Waals surface area contributed by atoms with Crippen molar-refractivity contribution < 1.29 is 4.79 Å². The van der Waals surface area contributed by atoms with Gasteiger partial charge in [-0.1, -0.05) is 36.5 Å². The maximum absolute atomic E-state index is 12.4. The summed E-state index contributed by atoms with van der Waals surface area (Å²) < 4.78 is 0. The van der Waals surface area contributed by atoms with Crippen molar-refractivity contribution in [1.82, 2.24) is 9.88 Å². The van der Waals surface area contributed by atoms with E-state index >= 15 is 0 Å². The van der Waals surface area contributed by atoms with Crippen molar-refractivity contribution >= 4 is 29.1 Å². The molecule has 3 nitrogen and oxygen atoms in total. The van der Waals surface area contributed by atoms with Crippen LogP contribution in [0.1, 0.15) is 36.5 Å². The van der Waals surface area contributed by atoms with Crippen LogP contribution < -0.4 is 0 Å². The number of hydrogen-bond acceptors (Lipinski definition) is 2. The Morgan fingerprint density at radius 3 is 3.06 bits per heavy atom. The Hall–Kier alpha value is -0.800. The number of pyridine rings is 1. The summed E-state index contributed by atoms with van der Waals surface area (Å²) in [4.78, 5) is 18.1. The predicted octanol–water partition coefficient (Wildman–Crippen LogP) is 3.65. The fourth-order valence-corrected chi connectivity index (χ4v) is 2.67. The monoisotopic (exact) mass is 286 g/mol. The zero-order valence-corrected chi connectivity index (χ0v) is 11.8. The Bertz CT molecular complexity index is 451. The fraction of sp³-hybridized carbons (Fsp3) is 0.538. The largest absolute Gasteiger partial charge is 0.338 e. The zero-order chi connectivity index (χ0) is 13.1. The lowest BCUT2D eigenvalue weighted by Crippen LogP contribution is -2.39. The molecule has 0 spiro atoms. The van der Waals surface area contributed by atoms with Gasteiger partial charge in [0.15, 0.2) is 0 Å². The molecule has 0 N–H and O–H groups in total. The van der Waals surface area contributed by atoms with Gasteiger partial charge in [-0.05, 0) is 24.8 Å². The van der Waals surface area contributed by atoms with Gasteiger partial charge in [0.25, 0.3) is 5.91 Å². The van der Waals surface area contributed by atoms with Gasteiger partial charge in [-0.2, -0.15) is 0 Å². The first-order valence-corrected chi connectivity index (χ1v) is 6.97. The van der Waals surface area contributed by atoms with E-state index in [9.17, 15) is 4.79 Å². The molecular weight excluding hydrogens is 271 g/mol. The number of carbonyl (C=O) groups is 1. The van der Waals surface area contributed by atoms with E-state index in [1.807, 2.05) is 4.90 Å². The van der Waals surface area contributed by atoms with E-state index in [1.54, 1.807) is 6.07 Å². The minimum absolute atomic E-state index is 0.0394. The minimum atomic E-state index is -0.0394. The van der Waals surface area contributed by atoms with E-state index in [0.29, 0.717) is 21.7 Å². The van der Waals surface area contributed by atoms with E-state index in [-0.39, 0.29) is 5.91 Å². The molecule has 1 aromatic heterocycles. The van der Waals surface area contributed by atoms with Crippen LogP contribution in [0.4, 0.5) is 0 Å². The van der Waals surface area contributed by atoms with Crippen molar-refractivity contribution in [3.63, 3.8) is 0 Å². The SMILES string of the molecule is CCC1CCCN(C(=O)c2cc(Cl)ncc2Cl)C1. The van der Waals surface area contributed by atoms with Gasteiger partial charge < -0.3 is 4.90 Å². The van der Waals surface area contributed by atoms with Gasteiger partial charge >= 0.3 is 0 Å². The molecule has 5 heteroatoms. The zero-order valence-electron chi connectivity index (χ0n) is 10.3. The highest BCUT2D eigenvalue weighted by molar-refractivity contribution is 6.35. The number of halogens is 2. The summed E-state index contributed by atoms with van der Waals surface area (Å²) >= 11 is 11.8. The highest BCUT2D eigenvalue weighted by Gasteiger charge is 2.25. The van der Waals surface area contributed by atoms with Gasteiger partial charge in [0.05, 0.1) is 10.6 Å². The summed E-state index contributed by atoms with van der Waals surface area (Å²) in [7, 11) is 0. The van der Waals surface area contributed by atoms with Gasteiger partial charge in [-0.3, -0.25) is 4.79 Å². The summed E-state index contributed by atoms with van der Waals surface area (Å²) in [6, 6.07) is 1.54. The van der Waals surface area contributed by atoms with Crippen LogP contribution in [0.5, 0.6) is 0 Å². The normalized spacial score (nSPS) is 19.9. The Balaban J connectivity index is 2.17. The molecular formula is C13H16Cl2N2O. The average Bonchev–Trinajstić information content (AvgIpc) is 2.41. The number of aromatic nitrogens is 1. The third-order valence-electron chi connectivity index (χ3n) is 3.44. The molecule has 0 bridgehead atoms. The molecule has 2 rings (SSSR count). The molecule has 98 valence electrons. The molecule has 1 amide bonds. The van der Waals surface area contributed by atoms with Crippen LogP contribution in [-0.2, 0) is 0 Å². The van der Waals surface area contributed by atoms with Crippen molar-refractivity contribution in [2.24, 2.45) is 5.92 Å². The molecule has 1 fully saturated rings. The van der Waals surface area contributed by atoms with Crippen molar-refractivity contribution in [3.8, 4) is 0 Å². The second-order valence-corrected chi connectivity index (χ2v) is 5.45. The fourth-order valence-electron chi connectivity index (χ4n) is 2.33. The molecule has 1 aliphatic rings. The van der Waals surface area contributed by atoms with Crippen molar-refractivity contribution in [3.05, 3.63) is 28.0 Å². The number of likely N-dealkylation sites (tertiary alicyclic amines) is 1. The molecule has 1 atom stereocenters. The lowest BCUT2D eigenvalue weighted by atomic mass is 9.95. The first-order chi connectivity index (χ1) is 8.61. The van der Waals surface area contributed by atoms with E-state index < -0.39 is 0 Å². The predicted molar refractivity (Wildman–Crippen MR) is 73.2 cm³/mol. The number of carbonyl (C=O) groups excluding carboxylic acids is 1. The third-order valence-corrected chi connectivity index (χ3v) is 3.94. The van der Waals surface area contributed by atoms with E-state index in [0.717, 1.165) is 25.9 Å². The minimum Gasteiger partial charge on any atom is -0.338 e. The smallest absolute Gasteiger partial charge is 0.255 e. The van der Waals surface area contributed by atoms with Gasteiger partial charge in [-0.25, -0.2) is 4.98 Å². The van der Waals surface area contributed by atoms with Crippen molar-refractivity contribution in [1.29, 1.82) is 0 Å². The maximum Gasteiger partial charge on any atom is 0.255 e. The van der Waals surface area contributed by atoms with Crippen LogP contribution in [0, 0.1) is 5.92 Å². The average molecular weight is 287 g/mol. The summed E-state index contributed by atoms with van der Waals surface area (Å²) in [6.45, 7) is 3.77. The Kier molecular flexibility index (Phi) is 4.46. The third kappa shape index (κ3) is 2.96. The molecule has 0 saturated carbocycles. The molecule has 2 heterocycles. The summed E-state index contributed by atoms with van der Waals surface area (Å²) in [5.41, 5.74) is 0.452. The van der Waals surface area contributed by atoms with E-state index in [1.165, 1.54) is 12.6 Å². The van der Waals surface area contributed by atoms with Crippen molar-refractivity contribution in [2.75, 3.05) is 13.1 Å². The van der Waals surface area contributed by atoms with Crippen LogP contribution in [0.25, 0.3) is 0 Å². The van der Waals surface area contributed by atoms with Crippen LogP contribution in [-0.4, -0.2) is 28.9 Å². The molecule has 1 unspecified atom stereocenters. The Labute approximate surface area is 117 Å². The van der Waals surface area contributed by atoms with Crippen LogP contribution >= 0.6 is 23.2 Å². The van der Waals surface area contributed by atoms with Crippen LogP contribution in [0.2, 0.25) is 10.2 Å². The Morgan fingerprint density at radius 2 is 2.33 bits per heavy atom. The van der Waals surface area contributed by atoms with Gasteiger partial charge in [0.2, 0.25) is 0 Å². The van der Waals surface area contributed by atoms with Gasteiger partial charge in [0, 0.05) is 19.3 Å². The quantitative estimate of drug-likeness (QED) is 0.778. The number of hydrogen-bond donors (Lipinski definition) is 0. The van der Waals surface area contributed by atoms with E-state index in [4.69, 9.17) is 23.2 Å². The number of rotatable bonds is 2. The molecule has 1 saturated heterocycles. The standard InChI is InChI=1S/C13H16Cl2N2O/c1-2-9-4-3-5-17(8-9)13(18)10-6-12(15)16-7-11(10)14/h6-7,9H,2-5,8H2,1H3. The first-order valence-electron chi connectivity index (χ1n) is 6.22. The van der Waals surface area contributed by atoms with Gasteiger partial charge in [0.1, 0.15) is 5.15 Å².